The number of rotatable bonds is 2. The summed E-state index contributed by atoms with van der Waals surface area (Å²) in [6.45, 7) is 3.86. The number of alkyl halides is 3. The van der Waals surface area contributed by atoms with Gasteiger partial charge in [-0.15, -0.1) is 21.8 Å². The summed E-state index contributed by atoms with van der Waals surface area (Å²) < 4.78 is 34.8. The van der Waals surface area contributed by atoms with E-state index in [1.165, 1.54) is 0 Å². The highest BCUT2D eigenvalue weighted by Crippen LogP contribution is 2.28. The maximum atomic E-state index is 11.6. The summed E-state index contributed by atoms with van der Waals surface area (Å²) in [5.74, 6) is 0. The van der Waals surface area contributed by atoms with E-state index in [4.69, 9.17) is 0 Å². The van der Waals surface area contributed by atoms with E-state index in [0.717, 1.165) is 0 Å². The van der Waals surface area contributed by atoms with Crippen LogP contribution in [0.4, 0.5) is 13.2 Å². The molecule has 0 heterocycles. The van der Waals surface area contributed by atoms with Crippen LogP contribution in [0.25, 0.3) is 0 Å². The van der Waals surface area contributed by atoms with Gasteiger partial charge in [-0.2, -0.15) is 13.2 Å². The Labute approximate surface area is 72.4 Å². The van der Waals surface area contributed by atoms with E-state index in [9.17, 15) is 13.2 Å². The molecular formula is C5H10F3ISi. The molecule has 0 amide bonds. The predicted molar refractivity (Wildman–Crippen MR) is 47.0 cm³/mol. The first kappa shape index (κ1) is 10.7. The van der Waals surface area contributed by atoms with Crippen molar-refractivity contribution in [1.82, 2.24) is 0 Å². The van der Waals surface area contributed by atoms with Gasteiger partial charge in [0.25, 0.3) is 0 Å². The Hall–Kier alpha value is 0.737. The highest BCUT2D eigenvalue weighted by Gasteiger charge is 2.30. The Morgan fingerprint density at radius 2 is 1.70 bits per heavy atom. The summed E-state index contributed by atoms with van der Waals surface area (Å²) >= 11 is 2.16. The Morgan fingerprint density at radius 1 is 1.30 bits per heavy atom. The zero-order chi connectivity index (χ0) is 8.41. The van der Waals surface area contributed by atoms with Gasteiger partial charge < -0.3 is 0 Å². The highest BCUT2D eigenvalue weighted by molar-refractivity contribution is 14.1. The average Bonchev–Trinajstić information content (AvgIpc) is 1.57. The molecular weight excluding hydrogens is 272 g/mol. The monoisotopic (exact) mass is 282 g/mol. The Kier molecular flexibility index (Phi) is 3.67. The smallest absolute Gasteiger partial charge is 0.171 e. The van der Waals surface area contributed by atoms with E-state index in [1.54, 1.807) is 0 Å². The molecule has 0 aliphatic rings. The van der Waals surface area contributed by atoms with E-state index in [0.29, 0.717) is 6.04 Å². The third-order valence-corrected chi connectivity index (χ3v) is 4.06. The molecule has 62 valence electrons. The molecule has 0 radical (unpaired) electrons. The minimum atomic E-state index is -3.96. The lowest BCUT2D eigenvalue weighted by molar-refractivity contribution is -0.130. The zero-order valence-corrected chi connectivity index (χ0v) is 9.08. The maximum Gasteiger partial charge on any atom is 0.388 e. The Balaban J connectivity index is 3.56. The van der Waals surface area contributed by atoms with Crippen LogP contribution in [0.2, 0.25) is 19.1 Å². The quantitative estimate of drug-likeness (QED) is 0.412. The van der Waals surface area contributed by atoms with Crippen LogP contribution in [0.3, 0.4) is 0 Å². The fourth-order valence-electron chi connectivity index (χ4n) is 0.439. The fourth-order valence-corrected chi connectivity index (χ4v) is 2.13. The minimum Gasteiger partial charge on any atom is -0.171 e. The maximum absolute atomic E-state index is 11.6. The molecule has 0 bridgehead atoms. The van der Waals surface area contributed by atoms with Crippen molar-refractivity contribution in [2.45, 2.75) is 31.7 Å². The minimum absolute atomic E-state index is 0.330. The summed E-state index contributed by atoms with van der Waals surface area (Å²) in [6.07, 6.45) is -4.58. The van der Waals surface area contributed by atoms with Crippen molar-refractivity contribution in [3.63, 3.8) is 0 Å². The van der Waals surface area contributed by atoms with Crippen LogP contribution in [0.1, 0.15) is 6.42 Å². The molecule has 0 fully saturated rings. The molecule has 0 aromatic heterocycles. The van der Waals surface area contributed by atoms with E-state index in [-0.39, 0.29) is 0 Å². The van der Waals surface area contributed by atoms with Gasteiger partial charge in [-0.1, -0.05) is 13.1 Å². The molecule has 0 nitrogen and oxygen atoms in total. The molecule has 0 atom stereocenters. The molecule has 0 spiro atoms. The van der Waals surface area contributed by atoms with Crippen LogP contribution in [0.5, 0.6) is 0 Å². The summed E-state index contributed by atoms with van der Waals surface area (Å²) in [5.41, 5.74) is -1.52. The van der Waals surface area contributed by atoms with Gasteiger partial charge in [0.15, 0.2) is 0 Å². The van der Waals surface area contributed by atoms with Gasteiger partial charge in [-0.05, 0) is 6.04 Å². The topological polar surface area (TPSA) is 0 Å². The molecule has 0 aromatic carbocycles. The predicted octanol–water partition coefficient (Wildman–Crippen LogP) is 3.58. The summed E-state index contributed by atoms with van der Waals surface area (Å²) in [6, 6.07) is 0.330. The molecule has 0 aliphatic heterocycles. The highest BCUT2D eigenvalue weighted by atomic mass is 127. The van der Waals surface area contributed by atoms with E-state index >= 15 is 0 Å². The first-order chi connectivity index (χ1) is 4.21. The van der Waals surface area contributed by atoms with Crippen molar-refractivity contribution in [2.75, 3.05) is 0 Å². The van der Waals surface area contributed by atoms with Crippen LogP contribution in [-0.4, -0.2) is 11.7 Å². The van der Waals surface area contributed by atoms with Crippen molar-refractivity contribution in [3.05, 3.63) is 0 Å². The summed E-state index contributed by atoms with van der Waals surface area (Å²) in [5, 5.41) is 0. The molecule has 0 saturated heterocycles. The van der Waals surface area contributed by atoms with Crippen molar-refractivity contribution in [2.24, 2.45) is 0 Å². The van der Waals surface area contributed by atoms with Crippen LogP contribution in [0, 0.1) is 0 Å². The second-order valence-electron chi connectivity index (χ2n) is 2.83. The molecule has 0 rings (SSSR count). The fraction of sp³-hybridized carbons (Fsp3) is 1.00. The van der Waals surface area contributed by atoms with Crippen molar-refractivity contribution in [3.8, 4) is 0 Å². The van der Waals surface area contributed by atoms with E-state index < -0.39 is 18.2 Å². The Morgan fingerprint density at radius 3 is 1.80 bits per heavy atom. The molecule has 0 unspecified atom stereocenters. The number of hydrogen-bond acceptors (Lipinski definition) is 0. The lowest BCUT2D eigenvalue weighted by Crippen LogP contribution is -2.19. The molecule has 0 saturated carbocycles. The zero-order valence-electron chi connectivity index (χ0n) is 5.93. The van der Waals surface area contributed by atoms with Crippen molar-refractivity contribution < 1.29 is 13.2 Å². The van der Waals surface area contributed by atoms with Gasteiger partial charge >= 0.3 is 6.18 Å². The van der Waals surface area contributed by atoms with Gasteiger partial charge in [0.1, 0.15) is 5.57 Å². The third kappa shape index (κ3) is 8.74. The average molecular weight is 282 g/mol. The van der Waals surface area contributed by atoms with Gasteiger partial charge in [0, 0.05) is 6.42 Å². The lowest BCUT2D eigenvalue weighted by Gasteiger charge is -2.14. The summed E-state index contributed by atoms with van der Waals surface area (Å²) in [7, 11) is 0. The molecule has 10 heavy (non-hydrogen) atoms. The largest absolute Gasteiger partial charge is 0.388 e. The third-order valence-electron chi connectivity index (χ3n) is 1.00. The molecule has 0 N–H and O–H groups in total. The standard InChI is InChI=1S/C5H10F3ISi/c1-10(2,9)4-3-5(6,7)8/h3-4H2,1-2H3. The van der Waals surface area contributed by atoms with Gasteiger partial charge in [-0.3, -0.25) is 0 Å². The lowest BCUT2D eigenvalue weighted by atomic mass is 10.5. The number of halogens is 4. The van der Waals surface area contributed by atoms with E-state index in [2.05, 4.69) is 21.8 Å². The normalized spacial score (nSPS) is 13.8. The van der Waals surface area contributed by atoms with Crippen LogP contribution >= 0.6 is 21.8 Å². The first-order valence-corrected chi connectivity index (χ1v) is 9.28. The van der Waals surface area contributed by atoms with Gasteiger partial charge in [0.2, 0.25) is 0 Å². The molecule has 0 aromatic rings. The second kappa shape index (κ2) is 3.42. The van der Waals surface area contributed by atoms with Crippen LogP contribution in [0.15, 0.2) is 0 Å². The van der Waals surface area contributed by atoms with Crippen LogP contribution < -0.4 is 0 Å². The Bertz CT molecular complexity index is 90.4. The SMILES string of the molecule is C[Si](C)(I)CCC(F)(F)F. The number of hydrogen-bond donors (Lipinski definition) is 0. The van der Waals surface area contributed by atoms with Crippen LogP contribution in [-0.2, 0) is 0 Å². The summed E-state index contributed by atoms with van der Waals surface area (Å²) in [4.78, 5) is 0. The molecule has 5 heteroatoms. The van der Waals surface area contributed by atoms with Crippen molar-refractivity contribution >= 4 is 27.4 Å². The van der Waals surface area contributed by atoms with Gasteiger partial charge in [0.05, 0.1) is 0 Å². The van der Waals surface area contributed by atoms with E-state index in [1.807, 2.05) is 13.1 Å². The van der Waals surface area contributed by atoms with Gasteiger partial charge in [-0.25, -0.2) is 0 Å². The molecule has 0 aliphatic carbocycles. The van der Waals surface area contributed by atoms with Crippen molar-refractivity contribution in [1.29, 1.82) is 0 Å². The second-order valence-corrected chi connectivity index (χ2v) is 15.5. The first-order valence-electron chi connectivity index (χ1n) is 2.96.